The molecule has 4 heteroatoms. The van der Waals surface area contributed by atoms with Gasteiger partial charge in [0.25, 0.3) is 0 Å². The minimum Gasteiger partial charge on any atom is -0.462 e. The van der Waals surface area contributed by atoms with Gasteiger partial charge in [0.05, 0.1) is 6.61 Å². The third-order valence-electron chi connectivity index (χ3n) is 4.47. The van der Waals surface area contributed by atoms with E-state index in [4.69, 9.17) is 4.74 Å². The molecular weight excluding hydrogens is 228 g/mol. The molecule has 4 rings (SSSR count). The van der Waals surface area contributed by atoms with E-state index in [-0.39, 0.29) is 0 Å². The summed E-state index contributed by atoms with van der Waals surface area (Å²) in [5.41, 5.74) is 1.40. The molecule has 0 N–H and O–H groups in total. The Kier molecular flexibility index (Phi) is 2.87. The Hall–Kier alpha value is -1.34. The van der Waals surface area contributed by atoms with Gasteiger partial charge in [-0.1, -0.05) is 0 Å². The van der Waals surface area contributed by atoms with Crippen molar-refractivity contribution < 1.29 is 9.53 Å². The summed E-state index contributed by atoms with van der Waals surface area (Å²) in [7, 11) is 0. The third kappa shape index (κ3) is 1.74. The Morgan fingerprint density at radius 2 is 2.06 bits per heavy atom. The van der Waals surface area contributed by atoms with Crippen LogP contribution in [0.1, 0.15) is 19.8 Å². The maximum atomic E-state index is 11.9. The number of piperidine rings is 3. The highest BCUT2D eigenvalue weighted by atomic mass is 16.5. The molecule has 3 aliphatic heterocycles. The van der Waals surface area contributed by atoms with Crippen LogP contribution in [0.3, 0.4) is 0 Å². The van der Waals surface area contributed by atoms with Gasteiger partial charge in [-0.3, -0.25) is 0 Å². The van der Waals surface area contributed by atoms with Gasteiger partial charge in [0.1, 0.15) is 11.6 Å². The minimum absolute atomic E-state index is 0.298. The number of ether oxygens (including phenoxy) is 1. The molecule has 2 atom stereocenters. The van der Waals surface area contributed by atoms with Crippen LogP contribution >= 0.6 is 0 Å². The summed E-state index contributed by atoms with van der Waals surface area (Å²) in [5, 5.41) is 9.29. The van der Waals surface area contributed by atoms with Crippen molar-refractivity contribution in [2.45, 2.75) is 19.8 Å². The Morgan fingerprint density at radius 3 is 2.56 bits per heavy atom. The second kappa shape index (κ2) is 4.40. The third-order valence-corrected chi connectivity index (χ3v) is 4.47. The second-order valence-corrected chi connectivity index (χ2v) is 5.61. The highest BCUT2D eigenvalue weighted by Gasteiger charge is 2.46. The first-order chi connectivity index (χ1) is 8.72. The van der Waals surface area contributed by atoms with Gasteiger partial charge in [0, 0.05) is 19.6 Å². The van der Waals surface area contributed by atoms with Crippen molar-refractivity contribution in [1.82, 2.24) is 4.90 Å². The molecule has 4 nitrogen and oxygen atoms in total. The molecule has 3 saturated heterocycles. The molecule has 18 heavy (non-hydrogen) atoms. The zero-order valence-electron chi connectivity index (χ0n) is 10.7. The van der Waals surface area contributed by atoms with Gasteiger partial charge in [0.15, 0.2) is 0 Å². The first-order valence-electron chi connectivity index (χ1n) is 6.76. The quantitative estimate of drug-likeness (QED) is 0.419. The van der Waals surface area contributed by atoms with Crippen LogP contribution < -0.4 is 0 Å². The van der Waals surface area contributed by atoms with Crippen LogP contribution in [0.4, 0.5) is 0 Å². The number of nitrogens with zero attached hydrogens (tertiary/aromatic N) is 2. The maximum absolute atomic E-state index is 11.9. The molecule has 4 bridgehead atoms. The fourth-order valence-electron chi connectivity index (χ4n) is 4.03. The predicted octanol–water partition coefficient (Wildman–Crippen LogP) is 1.34. The fraction of sp³-hybridized carbons (Fsp3) is 0.714. The maximum Gasteiger partial charge on any atom is 0.348 e. The summed E-state index contributed by atoms with van der Waals surface area (Å²) in [6.45, 7) is 5.36. The second-order valence-electron chi connectivity index (χ2n) is 5.61. The van der Waals surface area contributed by atoms with E-state index < -0.39 is 5.97 Å². The molecule has 0 amide bonds. The first kappa shape index (κ1) is 11.7. The van der Waals surface area contributed by atoms with Crippen LogP contribution in [0.25, 0.3) is 0 Å². The smallest absolute Gasteiger partial charge is 0.348 e. The zero-order chi connectivity index (χ0) is 12.7. The Bertz CT molecular complexity index is 417. The number of carbonyl (C=O) groups is 1. The van der Waals surface area contributed by atoms with E-state index in [9.17, 15) is 10.1 Å². The molecule has 0 spiro atoms. The molecule has 0 aromatic heterocycles. The normalized spacial score (nSPS) is 36.3. The van der Waals surface area contributed by atoms with Gasteiger partial charge in [-0.25, -0.2) is 4.79 Å². The summed E-state index contributed by atoms with van der Waals surface area (Å²) >= 11 is 0. The molecule has 3 heterocycles. The SMILES string of the molecule is CCOC(=O)C(C#N)=C1C2CC3CC1CN(C3)C2. The van der Waals surface area contributed by atoms with Crippen molar-refractivity contribution >= 4 is 5.97 Å². The lowest BCUT2D eigenvalue weighted by molar-refractivity contribution is -0.138. The van der Waals surface area contributed by atoms with Crippen LogP contribution in [-0.2, 0) is 9.53 Å². The molecule has 4 aliphatic rings. The van der Waals surface area contributed by atoms with Crippen LogP contribution in [0.15, 0.2) is 11.1 Å². The lowest BCUT2D eigenvalue weighted by atomic mass is 9.64. The van der Waals surface area contributed by atoms with E-state index in [0.717, 1.165) is 37.4 Å². The van der Waals surface area contributed by atoms with E-state index in [2.05, 4.69) is 11.0 Å². The van der Waals surface area contributed by atoms with E-state index in [1.165, 1.54) is 6.54 Å². The summed E-state index contributed by atoms with van der Waals surface area (Å²) in [6, 6.07) is 2.10. The molecule has 1 aliphatic carbocycles. The van der Waals surface area contributed by atoms with Gasteiger partial charge in [-0.15, -0.1) is 0 Å². The molecule has 0 aromatic rings. The summed E-state index contributed by atoms with van der Waals surface area (Å²) in [6.07, 6.45) is 2.29. The number of esters is 1. The monoisotopic (exact) mass is 246 g/mol. The first-order valence-corrected chi connectivity index (χ1v) is 6.76. The van der Waals surface area contributed by atoms with Gasteiger partial charge >= 0.3 is 5.97 Å². The Balaban J connectivity index is 1.95. The number of rotatable bonds is 2. The molecule has 0 aromatic carbocycles. The van der Waals surface area contributed by atoms with Crippen molar-refractivity contribution in [3.05, 3.63) is 11.1 Å². The van der Waals surface area contributed by atoms with Crippen LogP contribution in [0.2, 0.25) is 0 Å². The Morgan fingerprint density at radius 1 is 1.39 bits per heavy atom. The number of hydrogen-bond acceptors (Lipinski definition) is 4. The van der Waals surface area contributed by atoms with Crippen molar-refractivity contribution in [3.8, 4) is 6.07 Å². The standard InChI is InChI=1S/C14H18N2O2/c1-2-18-14(17)12(5-15)13-10-3-9-4-11(13)8-16(6-9)7-10/h9-11H,2-4,6-8H2,1H3. The van der Waals surface area contributed by atoms with Gasteiger partial charge < -0.3 is 9.64 Å². The van der Waals surface area contributed by atoms with Crippen LogP contribution in [0, 0.1) is 29.1 Å². The molecule has 1 saturated carbocycles. The molecule has 96 valence electrons. The summed E-state index contributed by atoms with van der Waals surface area (Å²) < 4.78 is 5.02. The van der Waals surface area contributed by atoms with E-state index in [0.29, 0.717) is 24.0 Å². The van der Waals surface area contributed by atoms with Gasteiger partial charge in [-0.05, 0) is 43.1 Å². The van der Waals surface area contributed by atoms with Gasteiger partial charge in [0.2, 0.25) is 0 Å². The van der Waals surface area contributed by atoms with Crippen LogP contribution in [0.5, 0.6) is 0 Å². The highest BCUT2D eigenvalue weighted by Crippen LogP contribution is 2.47. The summed E-state index contributed by atoms with van der Waals surface area (Å²) in [4.78, 5) is 14.4. The highest BCUT2D eigenvalue weighted by molar-refractivity contribution is 5.94. The number of carbonyl (C=O) groups excluding carboxylic acids is 1. The molecule has 4 fully saturated rings. The van der Waals surface area contributed by atoms with E-state index in [1.54, 1.807) is 6.92 Å². The number of hydrogen-bond donors (Lipinski definition) is 0. The average Bonchev–Trinajstić information content (AvgIpc) is 2.33. The van der Waals surface area contributed by atoms with Gasteiger partial charge in [-0.2, -0.15) is 5.26 Å². The average molecular weight is 246 g/mol. The lowest BCUT2D eigenvalue weighted by Crippen LogP contribution is -2.55. The number of nitriles is 1. The predicted molar refractivity (Wildman–Crippen MR) is 65.4 cm³/mol. The zero-order valence-corrected chi connectivity index (χ0v) is 10.7. The van der Waals surface area contributed by atoms with Crippen molar-refractivity contribution in [3.63, 3.8) is 0 Å². The van der Waals surface area contributed by atoms with Crippen molar-refractivity contribution in [2.24, 2.45) is 17.8 Å². The van der Waals surface area contributed by atoms with E-state index >= 15 is 0 Å². The fourth-order valence-corrected chi connectivity index (χ4v) is 4.03. The molecular formula is C14H18N2O2. The lowest BCUT2D eigenvalue weighted by Gasteiger charge is -2.53. The topological polar surface area (TPSA) is 53.3 Å². The largest absolute Gasteiger partial charge is 0.462 e. The van der Waals surface area contributed by atoms with E-state index in [1.807, 2.05) is 0 Å². The molecule has 0 radical (unpaired) electrons. The van der Waals surface area contributed by atoms with Crippen molar-refractivity contribution in [2.75, 3.05) is 26.2 Å². The Labute approximate surface area is 107 Å². The molecule has 2 unspecified atom stereocenters. The summed E-state index contributed by atoms with van der Waals surface area (Å²) in [5.74, 6) is 1.18. The van der Waals surface area contributed by atoms with Crippen LogP contribution in [-0.4, -0.2) is 37.1 Å². The van der Waals surface area contributed by atoms with Crippen molar-refractivity contribution in [1.29, 1.82) is 5.26 Å². The minimum atomic E-state index is -0.419.